The van der Waals surface area contributed by atoms with Crippen molar-refractivity contribution in [1.29, 1.82) is 0 Å². The molecule has 114 valence electrons. The van der Waals surface area contributed by atoms with Gasteiger partial charge in [0.2, 0.25) is 10.0 Å². The summed E-state index contributed by atoms with van der Waals surface area (Å²) in [5, 5.41) is 0. The predicted octanol–water partition coefficient (Wildman–Crippen LogP) is 3.93. The van der Waals surface area contributed by atoms with Crippen LogP contribution in [-0.4, -0.2) is 14.0 Å². The van der Waals surface area contributed by atoms with Crippen LogP contribution in [0.5, 0.6) is 0 Å². The Balaban J connectivity index is 3.32. The lowest BCUT2D eigenvalue weighted by molar-refractivity contribution is -0.137. The molecule has 0 spiro atoms. The molecule has 8 heteroatoms. The number of hydrogen-bond acceptors (Lipinski definition) is 2. The Morgan fingerprint density at radius 3 is 2.25 bits per heavy atom. The fourth-order valence-electron chi connectivity index (χ4n) is 1.38. The number of hydrogen-bond donors (Lipinski definition) is 1. The number of nitrogens with one attached hydrogen (secondary N) is 1. The molecule has 0 saturated heterocycles. The second-order valence-corrected chi connectivity index (χ2v) is 7.49. The molecule has 0 aromatic heterocycles. The third-order valence-corrected chi connectivity index (χ3v) is 5.53. The van der Waals surface area contributed by atoms with Gasteiger partial charge in [-0.25, -0.2) is 13.1 Å². The summed E-state index contributed by atoms with van der Waals surface area (Å²) in [7, 11) is -4.04. The summed E-state index contributed by atoms with van der Waals surface area (Å²) in [6.07, 6.45) is -4.09. The van der Waals surface area contributed by atoms with Crippen LogP contribution < -0.4 is 4.72 Å². The molecule has 0 aliphatic heterocycles. The van der Waals surface area contributed by atoms with E-state index in [4.69, 9.17) is 0 Å². The van der Waals surface area contributed by atoms with Crippen LogP contribution in [0, 0.1) is 0 Å². The Hall–Kier alpha value is -0.600. The molecular formula is C12H15BrF3NO2S. The molecule has 0 atom stereocenters. The van der Waals surface area contributed by atoms with Crippen LogP contribution in [0.3, 0.4) is 0 Å². The van der Waals surface area contributed by atoms with Crippen LogP contribution >= 0.6 is 15.9 Å². The molecule has 0 fully saturated rings. The molecule has 20 heavy (non-hydrogen) atoms. The third kappa shape index (κ3) is 4.20. The topological polar surface area (TPSA) is 46.2 Å². The molecular weight excluding hydrogens is 359 g/mol. The number of rotatable bonds is 4. The normalized spacial score (nSPS) is 13.6. The summed E-state index contributed by atoms with van der Waals surface area (Å²) in [6, 6.07) is 2.53. The van der Waals surface area contributed by atoms with Crippen molar-refractivity contribution in [3.8, 4) is 0 Å². The number of alkyl halides is 3. The molecule has 3 nitrogen and oxygen atoms in total. The van der Waals surface area contributed by atoms with Gasteiger partial charge in [-0.05, 0) is 54.4 Å². The van der Waals surface area contributed by atoms with Gasteiger partial charge < -0.3 is 0 Å². The van der Waals surface area contributed by atoms with Gasteiger partial charge >= 0.3 is 6.18 Å². The lowest BCUT2D eigenvalue weighted by atomic mass is 10.0. The molecule has 0 unspecified atom stereocenters. The molecule has 1 rings (SSSR count). The summed E-state index contributed by atoms with van der Waals surface area (Å²) in [4.78, 5) is -0.422. The fraction of sp³-hybridized carbons (Fsp3) is 0.500. The van der Waals surface area contributed by atoms with Gasteiger partial charge in [-0.15, -0.1) is 0 Å². The minimum Gasteiger partial charge on any atom is -0.207 e. The van der Waals surface area contributed by atoms with E-state index in [1.165, 1.54) is 0 Å². The highest BCUT2D eigenvalue weighted by atomic mass is 79.9. The van der Waals surface area contributed by atoms with Gasteiger partial charge in [0.15, 0.2) is 0 Å². The van der Waals surface area contributed by atoms with E-state index in [1.807, 2.05) is 0 Å². The fourth-order valence-corrected chi connectivity index (χ4v) is 3.85. The first-order valence-corrected chi connectivity index (χ1v) is 8.07. The summed E-state index contributed by atoms with van der Waals surface area (Å²) in [5.74, 6) is 0. The molecule has 0 saturated carbocycles. The molecule has 1 N–H and O–H groups in total. The zero-order valence-corrected chi connectivity index (χ0v) is 13.6. The van der Waals surface area contributed by atoms with Crippen molar-refractivity contribution in [3.63, 3.8) is 0 Å². The van der Waals surface area contributed by atoms with E-state index in [1.54, 1.807) is 20.8 Å². The summed E-state index contributed by atoms with van der Waals surface area (Å²) >= 11 is 2.98. The predicted molar refractivity (Wildman–Crippen MR) is 73.8 cm³/mol. The Morgan fingerprint density at radius 1 is 1.25 bits per heavy atom. The van der Waals surface area contributed by atoms with Gasteiger partial charge in [0.25, 0.3) is 0 Å². The van der Waals surface area contributed by atoms with E-state index in [2.05, 4.69) is 20.7 Å². The number of sulfonamides is 1. The maximum Gasteiger partial charge on any atom is 0.416 e. The highest BCUT2D eigenvalue weighted by Crippen LogP contribution is 2.33. The van der Waals surface area contributed by atoms with Gasteiger partial charge in [0.05, 0.1) is 10.5 Å². The average molecular weight is 374 g/mol. The van der Waals surface area contributed by atoms with Crippen molar-refractivity contribution in [3.05, 3.63) is 28.2 Å². The van der Waals surface area contributed by atoms with E-state index >= 15 is 0 Å². The van der Waals surface area contributed by atoms with Crippen molar-refractivity contribution < 1.29 is 21.6 Å². The highest BCUT2D eigenvalue weighted by molar-refractivity contribution is 9.10. The molecule has 0 aliphatic carbocycles. The van der Waals surface area contributed by atoms with Gasteiger partial charge in [0, 0.05) is 10.0 Å². The van der Waals surface area contributed by atoms with Crippen molar-refractivity contribution >= 4 is 26.0 Å². The zero-order chi connectivity index (χ0) is 15.8. The van der Waals surface area contributed by atoms with Gasteiger partial charge in [-0.2, -0.15) is 13.2 Å². The summed E-state index contributed by atoms with van der Waals surface area (Å²) < 4.78 is 64.9. The van der Waals surface area contributed by atoms with Gasteiger partial charge in [0.1, 0.15) is 0 Å². The maximum atomic E-state index is 12.7. The lowest BCUT2D eigenvalue weighted by Crippen LogP contribution is -2.42. The van der Waals surface area contributed by atoms with Crippen LogP contribution in [0.1, 0.15) is 32.8 Å². The highest BCUT2D eigenvalue weighted by Gasteiger charge is 2.33. The molecule has 1 aromatic rings. The average Bonchev–Trinajstić information content (AvgIpc) is 2.26. The first-order chi connectivity index (χ1) is 8.89. The standard InChI is InChI=1S/C12H15BrF3NO2S/c1-4-11(2,3)17-20(18,19)10-7-8(12(14,15)16)5-6-9(10)13/h5-7,17H,4H2,1-3H3. The third-order valence-electron chi connectivity index (χ3n) is 2.84. The Morgan fingerprint density at radius 2 is 1.80 bits per heavy atom. The zero-order valence-electron chi connectivity index (χ0n) is 11.2. The van der Waals surface area contributed by atoms with E-state index in [0.29, 0.717) is 12.5 Å². The SMILES string of the molecule is CCC(C)(C)NS(=O)(=O)c1cc(C(F)(F)F)ccc1Br. The van der Waals surface area contributed by atoms with E-state index in [0.717, 1.165) is 12.1 Å². The van der Waals surface area contributed by atoms with Crippen molar-refractivity contribution in [2.45, 2.75) is 43.8 Å². The lowest BCUT2D eigenvalue weighted by Gasteiger charge is -2.24. The van der Waals surface area contributed by atoms with Crippen molar-refractivity contribution in [1.82, 2.24) is 4.72 Å². The molecule has 0 heterocycles. The van der Waals surface area contributed by atoms with Gasteiger partial charge in [-0.3, -0.25) is 0 Å². The van der Waals surface area contributed by atoms with E-state index in [9.17, 15) is 21.6 Å². The maximum absolute atomic E-state index is 12.7. The molecule has 1 aromatic carbocycles. The molecule has 0 amide bonds. The van der Waals surface area contributed by atoms with Crippen LogP contribution in [0.4, 0.5) is 13.2 Å². The van der Waals surface area contributed by atoms with Crippen LogP contribution in [0.2, 0.25) is 0 Å². The van der Waals surface area contributed by atoms with Crippen molar-refractivity contribution in [2.75, 3.05) is 0 Å². The summed E-state index contributed by atoms with van der Waals surface area (Å²) in [6.45, 7) is 5.10. The second kappa shape index (κ2) is 5.65. The van der Waals surface area contributed by atoms with Crippen LogP contribution in [-0.2, 0) is 16.2 Å². The first-order valence-electron chi connectivity index (χ1n) is 5.80. The van der Waals surface area contributed by atoms with Gasteiger partial charge in [-0.1, -0.05) is 6.92 Å². The molecule has 0 aliphatic rings. The Bertz CT molecular complexity index is 597. The second-order valence-electron chi connectivity index (χ2n) is 4.99. The Kier molecular flexibility index (Phi) is 4.93. The van der Waals surface area contributed by atoms with E-state index < -0.39 is 32.2 Å². The molecule has 0 radical (unpaired) electrons. The number of benzene rings is 1. The van der Waals surface area contributed by atoms with E-state index in [-0.39, 0.29) is 4.47 Å². The van der Waals surface area contributed by atoms with Crippen LogP contribution in [0.15, 0.2) is 27.6 Å². The quantitative estimate of drug-likeness (QED) is 0.868. The smallest absolute Gasteiger partial charge is 0.207 e. The monoisotopic (exact) mass is 373 g/mol. The number of halogens is 4. The minimum atomic E-state index is -4.59. The van der Waals surface area contributed by atoms with Crippen molar-refractivity contribution in [2.24, 2.45) is 0 Å². The van der Waals surface area contributed by atoms with Crippen LogP contribution in [0.25, 0.3) is 0 Å². The largest absolute Gasteiger partial charge is 0.416 e. The summed E-state index contributed by atoms with van der Waals surface area (Å²) in [5.41, 5.74) is -1.75. The molecule has 0 bridgehead atoms. The Labute approximate surface area is 124 Å². The minimum absolute atomic E-state index is 0.0879. The first kappa shape index (κ1) is 17.5.